The van der Waals surface area contributed by atoms with Gasteiger partial charge >= 0.3 is 0 Å². The molecule has 17 heavy (non-hydrogen) atoms. The van der Waals surface area contributed by atoms with Crippen molar-refractivity contribution in [3.8, 4) is 5.75 Å². The lowest BCUT2D eigenvalue weighted by molar-refractivity contribution is 0.359. The zero-order valence-electron chi connectivity index (χ0n) is 9.83. The molecule has 94 valence electrons. The normalized spacial score (nSPS) is 13.5. The van der Waals surface area contributed by atoms with E-state index in [2.05, 4.69) is 0 Å². The molecule has 0 saturated heterocycles. The summed E-state index contributed by atoms with van der Waals surface area (Å²) in [5.41, 5.74) is 8.27. The Hall–Kier alpha value is -0.700. The van der Waals surface area contributed by atoms with Crippen LogP contribution in [0.5, 0.6) is 5.75 Å². The maximum absolute atomic E-state index is 5.72. The molecule has 0 heterocycles. The number of nitrogens with two attached hydrogens (primary N) is 1. The second kappa shape index (κ2) is 7.59. The van der Waals surface area contributed by atoms with E-state index in [0.29, 0.717) is 11.6 Å². The predicted molar refractivity (Wildman–Crippen MR) is 73.7 cm³/mol. The van der Waals surface area contributed by atoms with Crippen LogP contribution in [0.1, 0.15) is 18.9 Å². The van der Waals surface area contributed by atoms with Gasteiger partial charge in [0.1, 0.15) is 12.4 Å². The van der Waals surface area contributed by atoms with Crippen molar-refractivity contribution in [3.63, 3.8) is 0 Å². The number of halogens is 2. The summed E-state index contributed by atoms with van der Waals surface area (Å²) in [5, 5.41) is 0.479. The molecular formula is C13H17Cl2NO. The molecular weight excluding hydrogens is 257 g/mol. The Bertz CT molecular complexity index is 360. The molecule has 1 unspecified atom stereocenters. The van der Waals surface area contributed by atoms with Crippen LogP contribution >= 0.6 is 23.2 Å². The lowest BCUT2D eigenvalue weighted by Gasteiger charge is -2.07. The van der Waals surface area contributed by atoms with E-state index < -0.39 is 0 Å². The molecule has 0 aliphatic rings. The highest BCUT2D eigenvalue weighted by Crippen LogP contribution is 2.15. The van der Waals surface area contributed by atoms with Gasteiger partial charge in [0.25, 0.3) is 0 Å². The van der Waals surface area contributed by atoms with Crippen LogP contribution in [0, 0.1) is 0 Å². The van der Waals surface area contributed by atoms with Crippen LogP contribution < -0.4 is 10.5 Å². The van der Waals surface area contributed by atoms with E-state index in [-0.39, 0.29) is 6.04 Å². The van der Waals surface area contributed by atoms with Gasteiger partial charge in [-0.25, -0.2) is 0 Å². The van der Waals surface area contributed by atoms with Gasteiger partial charge in [0.05, 0.1) is 5.03 Å². The third-order valence-corrected chi connectivity index (χ3v) is 2.90. The van der Waals surface area contributed by atoms with Crippen LogP contribution in [0.25, 0.3) is 0 Å². The largest absolute Gasteiger partial charge is 0.488 e. The summed E-state index contributed by atoms with van der Waals surface area (Å²) in [6.07, 6.45) is 1.97. The van der Waals surface area contributed by atoms with Crippen molar-refractivity contribution >= 4 is 23.2 Å². The summed E-state index contributed by atoms with van der Waals surface area (Å²) < 4.78 is 5.43. The average Bonchev–Trinajstić information content (AvgIpc) is 2.34. The number of hydrogen-bond donors (Lipinski definition) is 1. The van der Waals surface area contributed by atoms with E-state index in [1.165, 1.54) is 11.1 Å². The van der Waals surface area contributed by atoms with E-state index in [9.17, 15) is 0 Å². The summed E-state index contributed by atoms with van der Waals surface area (Å²) in [4.78, 5) is 0. The molecule has 0 aliphatic carbocycles. The Morgan fingerprint density at radius 1 is 1.41 bits per heavy atom. The number of rotatable bonds is 6. The molecule has 0 aliphatic heterocycles. The number of benzene rings is 1. The maximum Gasteiger partial charge on any atom is 0.125 e. The van der Waals surface area contributed by atoms with E-state index in [4.69, 9.17) is 33.7 Å². The van der Waals surface area contributed by atoms with Gasteiger partial charge in [0.2, 0.25) is 0 Å². The molecule has 0 radical (unpaired) electrons. The third kappa shape index (κ3) is 5.97. The molecule has 0 saturated carbocycles. The summed E-state index contributed by atoms with van der Waals surface area (Å²) in [7, 11) is 0. The van der Waals surface area contributed by atoms with Gasteiger partial charge < -0.3 is 10.5 Å². The smallest absolute Gasteiger partial charge is 0.125 e. The van der Waals surface area contributed by atoms with Gasteiger partial charge in [-0.15, -0.1) is 0 Å². The van der Waals surface area contributed by atoms with Crippen molar-refractivity contribution < 1.29 is 4.74 Å². The molecule has 0 fully saturated rings. The van der Waals surface area contributed by atoms with Crippen LogP contribution in [0.4, 0.5) is 0 Å². The fourth-order valence-corrected chi connectivity index (χ4v) is 1.45. The van der Waals surface area contributed by atoms with E-state index in [1.54, 1.807) is 0 Å². The van der Waals surface area contributed by atoms with Crippen molar-refractivity contribution in [1.82, 2.24) is 0 Å². The summed E-state index contributed by atoms with van der Waals surface area (Å²) in [5.74, 6) is 0.784. The molecule has 2 N–H and O–H groups in total. The first-order chi connectivity index (χ1) is 8.11. The summed E-state index contributed by atoms with van der Waals surface area (Å²) in [6, 6.07) is 8.16. The van der Waals surface area contributed by atoms with Gasteiger partial charge in [-0.3, -0.25) is 0 Å². The van der Waals surface area contributed by atoms with Crippen molar-refractivity contribution in [2.45, 2.75) is 25.8 Å². The lowest BCUT2D eigenvalue weighted by atomic mass is 10.1. The Morgan fingerprint density at radius 3 is 2.59 bits per heavy atom. The van der Waals surface area contributed by atoms with Crippen LogP contribution in [-0.4, -0.2) is 12.6 Å². The molecule has 2 nitrogen and oxygen atoms in total. The Morgan fingerprint density at radius 2 is 2.06 bits per heavy atom. The monoisotopic (exact) mass is 273 g/mol. The van der Waals surface area contributed by atoms with Crippen molar-refractivity contribution in [2.24, 2.45) is 5.73 Å². The van der Waals surface area contributed by atoms with Gasteiger partial charge in [0.15, 0.2) is 0 Å². The Labute approximate surface area is 112 Å². The fourth-order valence-electron chi connectivity index (χ4n) is 1.33. The highest BCUT2D eigenvalue weighted by Gasteiger charge is 1.99. The molecule has 1 atom stereocenters. The van der Waals surface area contributed by atoms with Gasteiger partial charge in [-0.05, 0) is 37.5 Å². The summed E-state index contributed by atoms with van der Waals surface area (Å²) in [6.45, 7) is 2.31. The first-order valence-corrected chi connectivity index (χ1v) is 6.35. The van der Waals surface area contributed by atoms with Gasteiger partial charge in [-0.2, -0.15) is 0 Å². The molecule has 1 rings (SSSR count). The lowest BCUT2D eigenvalue weighted by Crippen LogP contribution is -2.15. The zero-order chi connectivity index (χ0) is 12.7. The number of ether oxygens (including phenoxy) is 1. The second-order valence-corrected chi connectivity index (χ2v) is 4.71. The van der Waals surface area contributed by atoms with Crippen LogP contribution in [0.3, 0.4) is 0 Å². The molecule has 0 amide bonds. The minimum Gasteiger partial charge on any atom is -0.488 e. The van der Waals surface area contributed by atoms with Crippen molar-refractivity contribution in [2.75, 3.05) is 6.61 Å². The van der Waals surface area contributed by atoms with E-state index >= 15 is 0 Å². The van der Waals surface area contributed by atoms with E-state index in [1.807, 2.05) is 31.2 Å². The van der Waals surface area contributed by atoms with Crippen molar-refractivity contribution in [3.05, 3.63) is 40.4 Å². The zero-order valence-corrected chi connectivity index (χ0v) is 11.3. The minimum absolute atomic E-state index is 0.235. The predicted octanol–water partition coefficient (Wildman–Crippen LogP) is 3.66. The highest BCUT2D eigenvalue weighted by atomic mass is 35.5. The SMILES string of the molecule is CC(N)CCc1ccc(OCC(Cl)=CCl)cc1. The highest BCUT2D eigenvalue weighted by molar-refractivity contribution is 6.36. The minimum atomic E-state index is 0.235. The molecule has 4 heteroatoms. The topological polar surface area (TPSA) is 35.2 Å². The second-order valence-electron chi connectivity index (χ2n) is 4.00. The quantitative estimate of drug-likeness (QED) is 0.859. The van der Waals surface area contributed by atoms with Crippen molar-refractivity contribution in [1.29, 1.82) is 0 Å². The average molecular weight is 274 g/mol. The first-order valence-electron chi connectivity index (χ1n) is 5.54. The maximum atomic E-state index is 5.72. The van der Waals surface area contributed by atoms with Crippen LogP contribution in [0.15, 0.2) is 34.8 Å². The molecule has 0 aromatic heterocycles. The van der Waals surface area contributed by atoms with Gasteiger partial charge in [-0.1, -0.05) is 35.3 Å². The number of aryl methyl sites for hydroxylation is 1. The standard InChI is InChI=1S/C13H17Cl2NO/c1-10(16)2-3-11-4-6-13(7-5-11)17-9-12(15)8-14/h4-8,10H,2-3,9,16H2,1H3. The van der Waals surface area contributed by atoms with Crippen LogP contribution in [0.2, 0.25) is 0 Å². The van der Waals surface area contributed by atoms with E-state index in [0.717, 1.165) is 18.6 Å². The van der Waals surface area contributed by atoms with Gasteiger partial charge in [0, 0.05) is 11.6 Å². The third-order valence-electron chi connectivity index (χ3n) is 2.31. The molecule has 1 aromatic carbocycles. The molecule has 0 spiro atoms. The first kappa shape index (κ1) is 14.4. The molecule has 1 aromatic rings. The number of hydrogen-bond acceptors (Lipinski definition) is 2. The Kier molecular flexibility index (Phi) is 6.41. The summed E-state index contributed by atoms with van der Waals surface area (Å²) >= 11 is 11.1. The molecule has 0 bridgehead atoms. The Balaban J connectivity index is 2.44. The fraction of sp³-hybridized carbons (Fsp3) is 0.385. The van der Waals surface area contributed by atoms with Crippen LogP contribution in [-0.2, 0) is 6.42 Å².